The number of anilines is 1. The van der Waals surface area contributed by atoms with Crippen LogP contribution in [0.3, 0.4) is 0 Å². The summed E-state index contributed by atoms with van der Waals surface area (Å²) in [5.74, 6) is 0. The van der Waals surface area contributed by atoms with E-state index in [0.29, 0.717) is 6.61 Å². The number of aryl methyl sites for hydroxylation is 2. The highest BCUT2D eigenvalue weighted by Gasteiger charge is 2.26. The van der Waals surface area contributed by atoms with Gasteiger partial charge >= 0.3 is 0 Å². The number of rotatable bonds is 2. The number of fused-ring (bicyclic) bond motifs is 1. The van der Waals surface area contributed by atoms with Crippen molar-refractivity contribution in [1.82, 2.24) is 14.8 Å². The fourth-order valence-electron chi connectivity index (χ4n) is 3.48. The molecule has 1 saturated heterocycles. The topological polar surface area (TPSA) is 43.2 Å². The molecule has 2 aromatic heterocycles. The second-order valence-corrected chi connectivity index (χ2v) is 6.44. The number of pyridine rings is 1. The number of aromatic nitrogens is 3. The van der Waals surface area contributed by atoms with E-state index in [-0.39, 0.29) is 6.10 Å². The Bertz CT molecular complexity index is 886. The third-order valence-electron chi connectivity index (χ3n) is 4.82. The highest BCUT2D eigenvalue weighted by molar-refractivity contribution is 5.93. The molecule has 3 heterocycles. The molecule has 0 radical (unpaired) electrons. The van der Waals surface area contributed by atoms with Gasteiger partial charge in [-0.1, -0.05) is 18.2 Å². The zero-order chi connectivity index (χ0) is 16.7. The van der Waals surface area contributed by atoms with Gasteiger partial charge in [0.25, 0.3) is 0 Å². The molecule has 0 bridgehead atoms. The van der Waals surface area contributed by atoms with Gasteiger partial charge in [-0.2, -0.15) is 5.10 Å². The molecule has 1 atom stereocenters. The number of hydrogen-bond donors (Lipinski definition) is 0. The first-order valence-corrected chi connectivity index (χ1v) is 8.34. The summed E-state index contributed by atoms with van der Waals surface area (Å²) in [6, 6.07) is 8.38. The number of nitrogens with zero attached hydrogens (tertiary/aromatic N) is 4. The molecule has 0 aliphatic carbocycles. The number of ether oxygens (including phenoxy) is 1. The maximum Gasteiger partial charge on any atom is 0.103 e. The van der Waals surface area contributed by atoms with Crippen molar-refractivity contribution in [3.63, 3.8) is 0 Å². The molecule has 1 fully saturated rings. The van der Waals surface area contributed by atoms with E-state index >= 15 is 0 Å². The van der Waals surface area contributed by atoms with Gasteiger partial charge in [0, 0.05) is 43.0 Å². The molecule has 0 spiro atoms. The normalized spacial score (nSPS) is 18.3. The van der Waals surface area contributed by atoms with Crippen LogP contribution in [0.5, 0.6) is 0 Å². The van der Waals surface area contributed by atoms with Crippen LogP contribution in [-0.4, -0.2) is 34.5 Å². The van der Waals surface area contributed by atoms with E-state index < -0.39 is 0 Å². The van der Waals surface area contributed by atoms with E-state index in [0.717, 1.165) is 29.9 Å². The Kier molecular flexibility index (Phi) is 3.73. The molecule has 0 unspecified atom stereocenters. The maximum absolute atomic E-state index is 6.00. The second kappa shape index (κ2) is 5.91. The van der Waals surface area contributed by atoms with Gasteiger partial charge in [-0.3, -0.25) is 9.67 Å². The van der Waals surface area contributed by atoms with Crippen LogP contribution < -0.4 is 4.90 Å². The predicted octanol–water partition coefficient (Wildman–Crippen LogP) is 3.16. The molecule has 0 saturated carbocycles. The van der Waals surface area contributed by atoms with E-state index in [2.05, 4.69) is 42.0 Å². The molecule has 124 valence electrons. The van der Waals surface area contributed by atoms with Crippen LogP contribution in [0.4, 0.5) is 5.69 Å². The van der Waals surface area contributed by atoms with Crippen molar-refractivity contribution in [2.45, 2.75) is 20.0 Å². The van der Waals surface area contributed by atoms with E-state index in [4.69, 9.17) is 9.72 Å². The average molecular weight is 322 g/mol. The van der Waals surface area contributed by atoms with Crippen LogP contribution in [0.25, 0.3) is 10.9 Å². The van der Waals surface area contributed by atoms with Crippen LogP contribution in [-0.2, 0) is 11.8 Å². The first kappa shape index (κ1) is 15.1. The Balaban J connectivity index is 1.75. The molecule has 24 heavy (non-hydrogen) atoms. The van der Waals surface area contributed by atoms with Crippen LogP contribution in [0, 0.1) is 13.8 Å². The molecule has 0 N–H and O–H groups in total. The lowest BCUT2D eigenvalue weighted by Crippen LogP contribution is -2.39. The zero-order valence-electron chi connectivity index (χ0n) is 14.4. The largest absolute Gasteiger partial charge is 0.370 e. The Morgan fingerprint density at radius 2 is 2.04 bits per heavy atom. The fraction of sp³-hybridized carbons (Fsp3) is 0.368. The zero-order valence-corrected chi connectivity index (χ0v) is 14.4. The number of benzene rings is 1. The number of para-hydroxylation sites is 1. The smallest absolute Gasteiger partial charge is 0.103 e. The van der Waals surface area contributed by atoms with Gasteiger partial charge in [-0.15, -0.1) is 0 Å². The highest BCUT2D eigenvalue weighted by Crippen LogP contribution is 2.34. The van der Waals surface area contributed by atoms with Gasteiger partial charge in [0.1, 0.15) is 6.10 Å². The Morgan fingerprint density at radius 3 is 2.83 bits per heavy atom. The molecule has 4 rings (SSSR count). The van der Waals surface area contributed by atoms with Crippen LogP contribution in [0.15, 0.2) is 36.7 Å². The van der Waals surface area contributed by atoms with Gasteiger partial charge in [-0.25, -0.2) is 0 Å². The van der Waals surface area contributed by atoms with E-state index in [1.165, 1.54) is 16.6 Å². The lowest BCUT2D eigenvalue weighted by molar-refractivity contribution is 0.0398. The molecule has 0 amide bonds. The third-order valence-corrected chi connectivity index (χ3v) is 4.82. The first-order chi connectivity index (χ1) is 11.6. The van der Waals surface area contributed by atoms with Gasteiger partial charge in [0.05, 0.1) is 24.0 Å². The van der Waals surface area contributed by atoms with Gasteiger partial charge < -0.3 is 9.64 Å². The quantitative estimate of drug-likeness (QED) is 0.727. The SMILES string of the molecule is Cc1nc2ccccc2c(N2CCO[C@@H](c3cnn(C)c3)C2)c1C. The molecule has 1 aromatic carbocycles. The van der Waals surface area contributed by atoms with E-state index in [1.807, 2.05) is 30.2 Å². The molecule has 5 heteroatoms. The van der Waals surface area contributed by atoms with Crippen LogP contribution >= 0.6 is 0 Å². The monoisotopic (exact) mass is 322 g/mol. The summed E-state index contributed by atoms with van der Waals surface area (Å²) in [5.41, 5.74) is 5.82. The van der Waals surface area contributed by atoms with Crippen LogP contribution in [0.2, 0.25) is 0 Å². The number of hydrogen-bond acceptors (Lipinski definition) is 4. The minimum Gasteiger partial charge on any atom is -0.370 e. The second-order valence-electron chi connectivity index (χ2n) is 6.44. The average Bonchev–Trinajstić information content (AvgIpc) is 3.03. The summed E-state index contributed by atoms with van der Waals surface area (Å²) < 4.78 is 7.83. The predicted molar refractivity (Wildman–Crippen MR) is 95.3 cm³/mol. The molecular weight excluding hydrogens is 300 g/mol. The lowest BCUT2D eigenvalue weighted by atomic mass is 10.0. The standard InChI is InChI=1S/C19H22N4O/c1-13-14(2)21-17-7-5-4-6-16(17)19(13)23-8-9-24-18(12-23)15-10-20-22(3)11-15/h4-7,10-11,18H,8-9,12H2,1-3H3/t18-/m1/s1. The summed E-state index contributed by atoms with van der Waals surface area (Å²) in [7, 11) is 1.94. The summed E-state index contributed by atoms with van der Waals surface area (Å²) in [6.45, 7) is 6.70. The van der Waals surface area contributed by atoms with Crippen molar-refractivity contribution in [3.05, 3.63) is 53.5 Å². The lowest BCUT2D eigenvalue weighted by Gasteiger charge is -2.36. The van der Waals surface area contributed by atoms with Crippen molar-refractivity contribution in [1.29, 1.82) is 0 Å². The summed E-state index contributed by atoms with van der Waals surface area (Å²) in [4.78, 5) is 7.18. The summed E-state index contributed by atoms with van der Waals surface area (Å²) in [6.07, 6.45) is 3.99. The van der Waals surface area contributed by atoms with Crippen molar-refractivity contribution in [2.24, 2.45) is 7.05 Å². The summed E-state index contributed by atoms with van der Waals surface area (Å²) in [5, 5.41) is 5.49. The van der Waals surface area contributed by atoms with Crippen molar-refractivity contribution in [2.75, 3.05) is 24.6 Å². The minimum absolute atomic E-state index is 0.0547. The Labute approximate surface area is 141 Å². The van der Waals surface area contributed by atoms with Crippen molar-refractivity contribution < 1.29 is 4.74 Å². The van der Waals surface area contributed by atoms with Gasteiger partial charge in [-0.05, 0) is 25.5 Å². The fourth-order valence-corrected chi connectivity index (χ4v) is 3.48. The van der Waals surface area contributed by atoms with E-state index in [1.54, 1.807) is 0 Å². The van der Waals surface area contributed by atoms with Crippen LogP contribution in [0.1, 0.15) is 22.9 Å². The van der Waals surface area contributed by atoms with E-state index in [9.17, 15) is 0 Å². The first-order valence-electron chi connectivity index (χ1n) is 8.34. The third kappa shape index (κ3) is 2.55. The Hall–Kier alpha value is -2.40. The number of morpholine rings is 1. The molecule has 5 nitrogen and oxygen atoms in total. The molecule has 3 aromatic rings. The molecule has 1 aliphatic rings. The van der Waals surface area contributed by atoms with Crippen molar-refractivity contribution >= 4 is 16.6 Å². The van der Waals surface area contributed by atoms with Gasteiger partial charge in [0.2, 0.25) is 0 Å². The highest BCUT2D eigenvalue weighted by atomic mass is 16.5. The summed E-state index contributed by atoms with van der Waals surface area (Å²) >= 11 is 0. The van der Waals surface area contributed by atoms with Crippen molar-refractivity contribution in [3.8, 4) is 0 Å². The maximum atomic E-state index is 6.00. The Morgan fingerprint density at radius 1 is 1.21 bits per heavy atom. The van der Waals surface area contributed by atoms with Gasteiger partial charge in [0.15, 0.2) is 0 Å². The molecular formula is C19H22N4O. The minimum atomic E-state index is 0.0547. The molecule has 1 aliphatic heterocycles.